The molecule has 0 saturated carbocycles. The molecular weight excluding hydrogens is 322 g/mol. The van der Waals surface area contributed by atoms with E-state index in [1.807, 2.05) is 24.3 Å². The van der Waals surface area contributed by atoms with Crippen molar-refractivity contribution in [3.8, 4) is 0 Å². The first-order valence-electron chi connectivity index (χ1n) is 9.51. The fourth-order valence-corrected chi connectivity index (χ4v) is 2.62. The van der Waals surface area contributed by atoms with Crippen LogP contribution in [0.3, 0.4) is 0 Å². The van der Waals surface area contributed by atoms with Crippen molar-refractivity contribution in [2.24, 2.45) is 4.99 Å². The minimum absolute atomic E-state index is 0.225. The molecule has 140 valence electrons. The van der Waals surface area contributed by atoms with E-state index in [1.165, 1.54) is 11.1 Å². The lowest BCUT2D eigenvalue weighted by Gasteiger charge is -2.18. The highest BCUT2D eigenvalue weighted by Gasteiger charge is 2.06. The number of nitrogens with one attached hydrogen (secondary N) is 2. The maximum Gasteiger partial charge on any atom is 0.191 e. The van der Waals surface area contributed by atoms with Gasteiger partial charge in [0.2, 0.25) is 0 Å². The van der Waals surface area contributed by atoms with Crippen LogP contribution in [0, 0.1) is 0 Å². The quantitative estimate of drug-likeness (QED) is 0.380. The Morgan fingerprint density at radius 2 is 1.69 bits per heavy atom. The summed E-state index contributed by atoms with van der Waals surface area (Å²) in [6, 6.07) is 20.9. The third kappa shape index (κ3) is 7.70. The van der Waals surface area contributed by atoms with E-state index in [4.69, 9.17) is 4.74 Å². The molecule has 0 aromatic heterocycles. The molecule has 2 aromatic rings. The van der Waals surface area contributed by atoms with Crippen molar-refractivity contribution in [3.05, 3.63) is 71.8 Å². The predicted octanol–water partition coefficient (Wildman–Crippen LogP) is 4.30. The molecule has 0 spiro atoms. The van der Waals surface area contributed by atoms with E-state index >= 15 is 0 Å². The SMILES string of the molecule is CCNC(=NCCCCOCc1ccccc1)NC(C)c1ccccc1. The highest BCUT2D eigenvalue weighted by Crippen LogP contribution is 2.10. The molecule has 2 N–H and O–H groups in total. The second-order valence-electron chi connectivity index (χ2n) is 6.28. The first kappa shape index (κ1) is 20.0. The maximum atomic E-state index is 5.72. The number of aliphatic imine (C=N–C) groups is 1. The van der Waals surface area contributed by atoms with Crippen molar-refractivity contribution in [3.63, 3.8) is 0 Å². The third-order valence-electron chi connectivity index (χ3n) is 4.08. The van der Waals surface area contributed by atoms with Crippen LogP contribution < -0.4 is 10.6 Å². The zero-order valence-corrected chi connectivity index (χ0v) is 15.9. The second-order valence-corrected chi connectivity index (χ2v) is 6.28. The lowest BCUT2D eigenvalue weighted by Crippen LogP contribution is -2.38. The Kier molecular flexibility index (Phi) is 9.30. The number of guanidine groups is 1. The Bertz CT molecular complexity index is 628. The van der Waals surface area contributed by atoms with E-state index in [1.54, 1.807) is 0 Å². The van der Waals surface area contributed by atoms with Gasteiger partial charge in [0.25, 0.3) is 0 Å². The van der Waals surface area contributed by atoms with Gasteiger partial charge in [-0.1, -0.05) is 60.7 Å². The summed E-state index contributed by atoms with van der Waals surface area (Å²) in [6.07, 6.45) is 2.04. The monoisotopic (exact) mass is 353 g/mol. The lowest BCUT2D eigenvalue weighted by atomic mass is 10.1. The Balaban J connectivity index is 1.66. The van der Waals surface area contributed by atoms with Gasteiger partial charge in [0.1, 0.15) is 0 Å². The van der Waals surface area contributed by atoms with Crippen LogP contribution >= 0.6 is 0 Å². The van der Waals surface area contributed by atoms with Gasteiger partial charge in [0, 0.05) is 19.7 Å². The largest absolute Gasteiger partial charge is 0.377 e. The van der Waals surface area contributed by atoms with Crippen LogP contribution in [0.15, 0.2) is 65.7 Å². The molecule has 1 atom stereocenters. The van der Waals surface area contributed by atoms with Gasteiger partial charge in [0.15, 0.2) is 5.96 Å². The number of hydrogen-bond acceptors (Lipinski definition) is 2. The van der Waals surface area contributed by atoms with Crippen LogP contribution in [0.2, 0.25) is 0 Å². The van der Waals surface area contributed by atoms with Crippen LogP contribution in [0.25, 0.3) is 0 Å². The van der Waals surface area contributed by atoms with Crippen molar-refractivity contribution in [2.75, 3.05) is 19.7 Å². The smallest absolute Gasteiger partial charge is 0.191 e. The highest BCUT2D eigenvalue weighted by molar-refractivity contribution is 5.80. The minimum atomic E-state index is 0.225. The van der Waals surface area contributed by atoms with E-state index in [0.717, 1.165) is 38.5 Å². The molecule has 0 radical (unpaired) electrons. The summed E-state index contributed by atoms with van der Waals surface area (Å²) in [4.78, 5) is 4.67. The summed E-state index contributed by atoms with van der Waals surface area (Å²) < 4.78 is 5.72. The van der Waals surface area contributed by atoms with Crippen molar-refractivity contribution in [2.45, 2.75) is 39.3 Å². The summed E-state index contributed by atoms with van der Waals surface area (Å²) >= 11 is 0. The number of rotatable bonds is 10. The van der Waals surface area contributed by atoms with Gasteiger partial charge in [-0.3, -0.25) is 4.99 Å². The summed E-state index contributed by atoms with van der Waals surface area (Å²) in [6.45, 7) is 7.35. The predicted molar refractivity (Wildman–Crippen MR) is 109 cm³/mol. The molecule has 4 nitrogen and oxygen atoms in total. The molecule has 0 aliphatic rings. The first-order valence-corrected chi connectivity index (χ1v) is 9.51. The van der Waals surface area contributed by atoms with E-state index < -0.39 is 0 Å². The molecule has 4 heteroatoms. The van der Waals surface area contributed by atoms with Crippen LogP contribution in [0.4, 0.5) is 0 Å². The van der Waals surface area contributed by atoms with Gasteiger partial charge in [-0.25, -0.2) is 0 Å². The van der Waals surface area contributed by atoms with Crippen molar-refractivity contribution < 1.29 is 4.74 Å². The van der Waals surface area contributed by atoms with E-state index in [2.05, 4.69) is 65.9 Å². The molecule has 0 heterocycles. The molecule has 2 aromatic carbocycles. The molecule has 0 bridgehead atoms. The van der Waals surface area contributed by atoms with Gasteiger partial charge >= 0.3 is 0 Å². The molecule has 0 aliphatic heterocycles. The second kappa shape index (κ2) is 12.1. The number of unbranched alkanes of at least 4 members (excludes halogenated alkanes) is 1. The van der Waals surface area contributed by atoms with E-state index in [9.17, 15) is 0 Å². The standard InChI is InChI=1S/C22H31N3O/c1-3-23-22(25-19(2)21-14-8-5-9-15-21)24-16-10-11-17-26-18-20-12-6-4-7-13-20/h4-9,12-15,19H,3,10-11,16-18H2,1-2H3,(H2,23,24,25). The molecule has 2 rings (SSSR count). The average molecular weight is 354 g/mol. The summed E-state index contributed by atoms with van der Waals surface area (Å²) in [7, 11) is 0. The zero-order valence-electron chi connectivity index (χ0n) is 15.9. The number of benzene rings is 2. The molecule has 0 amide bonds. The van der Waals surface area contributed by atoms with Gasteiger partial charge in [-0.05, 0) is 37.8 Å². The van der Waals surface area contributed by atoms with Crippen molar-refractivity contribution in [1.29, 1.82) is 0 Å². The zero-order chi connectivity index (χ0) is 18.5. The van der Waals surface area contributed by atoms with Crippen LogP contribution in [-0.4, -0.2) is 25.7 Å². The van der Waals surface area contributed by atoms with Crippen molar-refractivity contribution >= 4 is 5.96 Å². The van der Waals surface area contributed by atoms with Gasteiger partial charge in [-0.2, -0.15) is 0 Å². The number of hydrogen-bond donors (Lipinski definition) is 2. The van der Waals surface area contributed by atoms with Gasteiger partial charge < -0.3 is 15.4 Å². The molecule has 1 unspecified atom stereocenters. The third-order valence-corrected chi connectivity index (χ3v) is 4.08. The average Bonchev–Trinajstić information content (AvgIpc) is 2.68. The molecule has 26 heavy (non-hydrogen) atoms. The van der Waals surface area contributed by atoms with E-state index in [-0.39, 0.29) is 6.04 Å². The Labute approximate surface area is 157 Å². The van der Waals surface area contributed by atoms with Crippen LogP contribution in [0.1, 0.15) is 43.9 Å². The summed E-state index contributed by atoms with van der Waals surface area (Å²) in [5.41, 5.74) is 2.48. The Hall–Kier alpha value is -2.33. The van der Waals surface area contributed by atoms with Crippen molar-refractivity contribution in [1.82, 2.24) is 10.6 Å². The number of nitrogens with zero attached hydrogens (tertiary/aromatic N) is 1. The van der Waals surface area contributed by atoms with Crippen LogP contribution in [0.5, 0.6) is 0 Å². The lowest BCUT2D eigenvalue weighted by molar-refractivity contribution is 0.117. The van der Waals surface area contributed by atoms with Gasteiger partial charge in [-0.15, -0.1) is 0 Å². The molecule has 0 aliphatic carbocycles. The summed E-state index contributed by atoms with van der Waals surface area (Å²) in [5, 5.41) is 6.78. The minimum Gasteiger partial charge on any atom is -0.377 e. The topological polar surface area (TPSA) is 45.7 Å². The fraction of sp³-hybridized carbons (Fsp3) is 0.409. The normalized spacial score (nSPS) is 12.6. The van der Waals surface area contributed by atoms with Gasteiger partial charge in [0.05, 0.1) is 12.6 Å². The fourth-order valence-electron chi connectivity index (χ4n) is 2.62. The highest BCUT2D eigenvalue weighted by atomic mass is 16.5. The Morgan fingerprint density at radius 3 is 2.38 bits per heavy atom. The van der Waals surface area contributed by atoms with Crippen LogP contribution in [-0.2, 0) is 11.3 Å². The number of ether oxygens (including phenoxy) is 1. The van der Waals surface area contributed by atoms with E-state index in [0.29, 0.717) is 6.61 Å². The summed E-state index contributed by atoms with van der Waals surface area (Å²) in [5.74, 6) is 0.869. The molecule has 0 saturated heterocycles. The first-order chi connectivity index (χ1) is 12.8. The maximum absolute atomic E-state index is 5.72. The molecular formula is C22H31N3O. The molecule has 0 fully saturated rings. The Morgan fingerprint density at radius 1 is 1.00 bits per heavy atom.